The molecule has 1 N–H and O–H groups in total. The van der Waals surface area contributed by atoms with Crippen LogP contribution in [0, 0.1) is 5.92 Å². The molecule has 0 saturated heterocycles. The highest BCUT2D eigenvalue weighted by atomic mass is 35.5. The summed E-state index contributed by atoms with van der Waals surface area (Å²) >= 11 is 11.8. The zero-order valence-corrected chi connectivity index (χ0v) is 12.3. The van der Waals surface area contributed by atoms with Crippen molar-refractivity contribution in [1.29, 1.82) is 0 Å². The molecular formula is C14H17Cl2NO2. The van der Waals surface area contributed by atoms with Crippen LogP contribution in [-0.4, -0.2) is 18.6 Å². The van der Waals surface area contributed by atoms with Crippen LogP contribution in [0.2, 0.25) is 10.0 Å². The standard InChI is InChI=1S/C14H17Cl2NO2/c1-9-2-4-11(6-9)17-14(18)8-19-13-7-10(15)3-5-12(13)16/h3,5,7,9,11H,2,4,6,8H2,1H3,(H,17,18). The predicted molar refractivity (Wildman–Crippen MR) is 76.9 cm³/mol. The van der Waals surface area contributed by atoms with Crippen LogP contribution >= 0.6 is 23.2 Å². The van der Waals surface area contributed by atoms with Gasteiger partial charge in [0.1, 0.15) is 5.75 Å². The van der Waals surface area contributed by atoms with E-state index in [-0.39, 0.29) is 18.6 Å². The Kier molecular flexibility index (Phi) is 4.94. The van der Waals surface area contributed by atoms with E-state index in [2.05, 4.69) is 12.2 Å². The Hall–Kier alpha value is -0.930. The Labute approximate surface area is 123 Å². The minimum Gasteiger partial charge on any atom is -0.482 e. The largest absolute Gasteiger partial charge is 0.482 e. The quantitative estimate of drug-likeness (QED) is 0.921. The first-order valence-electron chi connectivity index (χ1n) is 6.42. The number of nitrogens with one attached hydrogen (secondary N) is 1. The molecule has 1 aliphatic rings. The van der Waals surface area contributed by atoms with E-state index in [0.29, 0.717) is 21.7 Å². The number of halogens is 2. The third-order valence-corrected chi connectivity index (χ3v) is 3.86. The van der Waals surface area contributed by atoms with Crippen molar-refractivity contribution in [3.05, 3.63) is 28.2 Å². The predicted octanol–water partition coefficient (Wildman–Crippen LogP) is 3.68. The van der Waals surface area contributed by atoms with Gasteiger partial charge in [-0.05, 0) is 37.3 Å². The number of hydrogen-bond acceptors (Lipinski definition) is 2. The molecule has 3 nitrogen and oxygen atoms in total. The van der Waals surface area contributed by atoms with Gasteiger partial charge in [0.25, 0.3) is 5.91 Å². The molecule has 1 aliphatic carbocycles. The molecule has 0 spiro atoms. The Morgan fingerprint density at radius 2 is 2.21 bits per heavy atom. The van der Waals surface area contributed by atoms with Gasteiger partial charge in [-0.25, -0.2) is 0 Å². The Morgan fingerprint density at radius 3 is 2.89 bits per heavy atom. The van der Waals surface area contributed by atoms with Gasteiger partial charge in [-0.3, -0.25) is 4.79 Å². The van der Waals surface area contributed by atoms with Gasteiger partial charge in [-0.15, -0.1) is 0 Å². The van der Waals surface area contributed by atoms with Crippen molar-refractivity contribution in [2.45, 2.75) is 32.2 Å². The number of carbonyl (C=O) groups is 1. The zero-order valence-electron chi connectivity index (χ0n) is 10.8. The third-order valence-electron chi connectivity index (χ3n) is 3.31. The second kappa shape index (κ2) is 6.49. The van der Waals surface area contributed by atoms with E-state index >= 15 is 0 Å². The molecule has 2 rings (SSSR count). The highest BCUT2D eigenvalue weighted by Gasteiger charge is 2.22. The minimum absolute atomic E-state index is 0.0368. The van der Waals surface area contributed by atoms with Crippen LogP contribution in [0.5, 0.6) is 5.75 Å². The summed E-state index contributed by atoms with van der Waals surface area (Å²) in [6, 6.07) is 5.21. The van der Waals surface area contributed by atoms with Crippen LogP contribution < -0.4 is 10.1 Å². The van der Waals surface area contributed by atoms with E-state index in [4.69, 9.17) is 27.9 Å². The molecule has 0 radical (unpaired) electrons. The number of ether oxygens (including phenoxy) is 1. The number of amides is 1. The van der Waals surface area contributed by atoms with Gasteiger partial charge in [-0.1, -0.05) is 30.1 Å². The topological polar surface area (TPSA) is 38.3 Å². The van der Waals surface area contributed by atoms with Gasteiger partial charge in [0.15, 0.2) is 6.61 Å². The van der Waals surface area contributed by atoms with Crippen LogP contribution in [0.25, 0.3) is 0 Å². The fourth-order valence-corrected chi connectivity index (χ4v) is 2.67. The van der Waals surface area contributed by atoms with E-state index in [9.17, 15) is 4.79 Å². The SMILES string of the molecule is CC1CCC(NC(=O)COc2cc(Cl)ccc2Cl)C1. The summed E-state index contributed by atoms with van der Waals surface area (Å²) in [6.45, 7) is 2.17. The second-order valence-corrected chi connectivity index (χ2v) is 5.89. The lowest BCUT2D eigenvalue weighted by molar-refractivity contribution is -0.123. The van der Waals surface area contributed by atoms with Gasteiger partial charge < -0.3 is 10.1 Å². The van der Waals surface area contributed by atoms with Crippen LogP contribution in [0.3, 0.4) is 0 Å². The normalized spacial score (nSPS) is 22.3. The molecule has 0 aliphatic heterocycles. The lowest BCUT2D eigenvalue weighted by atomic mass is 10.1. The smallest absolute Gasteiger partial charge is 0.258 e. The molecule has 2 unspecified atom stereocenters. The number of hydrogen-bond donors (Lipinski definition) is 1. The van der Waals surface area contributed by atoms with Crippen LogP contribution in [-0.2, 0) is 4.79 Å². The van der Waals surface area contributed by atoms with Crippen molar-refractivity contribution in [1.82, 2.24) is 5.32 Å². The number of benzene rings is 1. The molecule has 1 fully saturated rings. The zero-order chi connectivity index (χ0) is 13.8. The second-order valence-electron chi connectivity index (χ2n) is 5.05. The minimum atomic E-state index is -0.116. The first-order valence-corrected chi connectivity index (χ1v) is 7.17. The molecule has 1 aromatic carbocycles. The maximum absolute atomic E-state index is 11.8. The maximum atomic E-state index is 11.8. The molecule has 1 amide bonds. The molecule has 2 atom stereocenters. The summed E-state index contributed by atoms with van der Waals surface area (Å²) in [7, 11) is 0. The molecule has 1 aromatic rings. The monoisotopic (exact) mass is 301 g/mol. The molecule has 104 valence electrons. The molecule has 0 heterocycles. The highest BCUT2D eigenvalue weighted by Crippen LogP contribution is 2.28. The summed E-state index contributed by atoms with van der Waals surface area (Å²) in [5.74, 6) is 1.01. The molecule has 19 heavy (non-hydrogen) atoms. The van der Waals surface area contributed by atoms with Crippen LogP contribution in [0.15, 0.2) is 18.2 Å². The van der Waals surface area contributed by atoms with Crippen LogP contribution in [0.1, 0.15) is 26.2 Å². The van der Waals surface area contributed by atoms with Gasteiger partial charge in [-0.2, -0.15) is 0 Å². The lowest BCUT2D eigenvalue weighted by Crippen LogP contribution is -2.36. The van der Waals surface area contributed by atoms with Gasteiger partial charge in [0.05, 0.1) is 5.02 Å². The van der Waals surface area contributed by atoms with Gasteiger partial charge in [0.2, 0.25) is 0 Å². The molecular weight excluding hydrogens is 285 g/mol. The maximum Gasteiger partial charge on any atom is 0.258 e. The lowest BCUT2D eigenvalue weighted by Gasteiger charge is -2.13. The van der Waals surface area contributed by atoms with Crippen molar-refractivity contribution in [2.24, 2.45) is 5.92 Å². The Bertz CT molecular complexity index is 465. The van der Waals surface area contributed by atoms with Crippen molar-refractivity contribution >= 4 is 29.1 Å². The molecule has 5 heteroatoms. The van der Waals surface area contributed by atoms with Crippen molar-refractivity contribution in [2.75, 3.05) is 6.61 Å². The first kappa shape index (κ1) is 14.5. The first-order chi connectivity index (χ1) is 9.04. The Morgan fingerprint density at radius 1 is 1.42 bits per heavy atom. The van der Waals surface area contributed by atoms with E-state index in [1.807, 2.05) is 0 Å². The van der Waals surface area contributed by atoms with E-state index in [1.54, 1.807) is 18.2 Å². The van der Waals surface area contributed by atoms with E-state index in [1.165, 1.54) is 6.42 Å². The number of carbonyl (C=O) groups excluding carboxylic acids is 1. The van der Waals surface area contributed by atoms with E-state index < -0.39 is 0 Å². The summed E-state index contributed by atoms with van der Waals surface area (Å²) in [5, 5.41) is 3.96. The molecule has 1 saturated carbocycles. The summed E-state index contributed by atoms with van der Waals surface area (Å²) in [4.78, 5) is 11.8. The summed E-state index contributed by atoms with van der Waals surface area (Å²) < 4.78 is 5.39. The van der Waals surface area contributed by atoms with Crippen molar-refractivity contribution in [3.8, 4) is 5.75 Å². The molecule has 0 aromatic heterocycles. The van der Waals surface area contributed by atoms with Crippen molar-refractivity contribution in [3.63, 3.8) is 0 Å². The van der Waals surface area contributed by atoms with Crippen molar-refractivity contribution < 1.29 is 9.53 Å². The molecule has 0 bridgehead atoms. The number of rotatable bonds is 4. The average Bonchev–Trinajstić information content (AvgIpc) is 2.76. The average molecular weight is 302 g/mol. The fourth-order valence-electron chi connectivity index (χ4n) is 2.34. The Balaban J connectivity index is 1.81. The fraction of sp³-hybridized carbons (Fsp3) is 0.500. The van der Waals surface area contributed by atoms with E-state index in [0.717, 1.165) is 12.8 Å². The highest BCUT2D eigenvalue weighted by molar-refractivity contribution is 6.34. The van der Waals surface area contributed by atoms with Gasteiger partial charge >= 0.3 is 0 Å². The summed E-state index contributed by atoms with van der Waals surface area (Å²) in [5.41, 5.74) is 0. The van der Waals surface area contributed by atoms with Gasteiger partial charge in [0, 0.05) is 17.1 Å². The van der Waals surface area contributed by atoms with Crippen LogP contribution in [0.4, 0.5) is 0 Å². The third kappa shape index (κ3) is 4.29. The summed E-state index contributed by atoms with van der Waals surface area (Å²) in [6.07, 6.45) is 3.26.